The second-order valence-electron chi connectivity index (χ2n) is 11.5. The van der Waals surface area contributed by atoms with Crippen molar-refractivity contribution in [2.45, 2.75) is 42.4 Å². The molecule has 0 bridgehead atoms. The van der Waals surface area contributed by atoms with Crippen LogP contribution in [0.25, 0.3) is 0 Å². The standard InChI is InChI=1S/C29H20Cl2F5N3O6/c1-8-5-10(6-9(2)22(8)40)15-11-3-4-12-14(24(42)39(23(12)41)27(37)45)13(11)7-28(30)25(43)38(26(44)29(15,28)31)21-19(35)17(33)16(32)18(34)20(21)36/h3,5-6,12-15,40H,4,7H2,1-2H3,(H2,37,45)/t12-,13+,14-,15-,28+,29-/m0/s1. The smallest absolute Gasteiger partial charge is 0.328 e. The maximum absolute atomic E-state index is 15.1. The molecule has 3 fully saturated rings. The minimum absolute atomic E-state index is 0.140. The predicted molar refractivity (Wildman–Crippen MR) is 145 cm³/mol. The molecule has 6 amide bonds. The Hall–Kier alpha value is -4.04. The molecule has 2 saturated heterocycles. The highest BCUT2D eigenvalue weighted by atomic mass is 35.5. The van der Waals surface area contributed by atoms with E-state index in [0.717, 1.165) is 0 Å². The van der Waals surface area contributed by atoms with Crippen molar-refractivity contribution in [1.82, 2.24) is 4.90 Å². The van der Waals surface area contributed by atoms with E-state index in [1.54, 1.807) is 0 Å². The van der Waals surface area contributed by atoms with E-state index in [2.05, 4.69) is 0 Å². The number of likely N-dealkylation sites (tertiary alicyclic amines) is 1. The fraction of sp³-hybridized carbons (Fsp3) is 0.345. The lowest BCUT2D eigenvalue weighted by atomic mass is 9.56. The van der Waals surface area contributed by atoms with Crippen LogP contribution in [0.4, 0.5) is 32.4 Å². The zero-order valence-corrected chi connectivity index (χ0v) is 24.6. The van der Waals surface area contributed by atoms with Crippen LogP contribution >= 0.6 is 23.2 Å². The summed E-state index contributed by atoms with van der Waals surface area (Å²) in [7, 11) is 0. The number of phenols is 1. The first-order valence-electron chi connectivity index (χ1n) is 13.4. The summed E-state index contributed by atoms with van der Waals surface area (Å²) in [5.41, 5.74) is 4.25. The number of nitrogens with zero attached hydrogens (tertiary/aromatic N) is 2. The normalized spacial score (nSPS) is 30.8. The topological polar surface area (TPSA) is 138 Å². The molecule has 4 aliphatic rings. The number of phenolic OH excluding ortho intramolecular Hbond substituents is 1. The summed E-state index contributed by atoms with van der Waals surface area (Å²) in [5.74, 6) is -22.9. The van der Waals surface area contributed by atoms with Crippen LogP contribution in [-0.4, -0.2) is 49.4 Å². The molecule has 0 unspecified atom stereocenters. The number of fused-ring (bicyclic) bond motifs is 4. The summed E-state index contributed by atoms with van der Waals surface area (Å²) in [4.78, 5) is 61.3. The number of primary amides is 1. The number of rotatable bonds is 2. The van der Waals surface area contributed by atoms with E-state index < -0.39 is 104 Å². The molecule has 2 aromatic carbocycles. The van der Waals surface area contributed by atoms with Crippen molar-refractivity contribution in [2.24, 2.45) is 23.5 Å². The molecule has 16 heteroatoms. The lowest BCUT2D eigenvalue weighted by Gasteiger charge is -2.50. The number of carbonyl (C=O) groups is 5. The van der Waals surface area contributed by atoms with Gasteiger partial charge in [0.05, 0.1) is 11.8 Å². The molecule has 9 nitrogen and oxygen atoms in total. The molecule has 2 aliphatic carbocycles. The zero-order chi connectivity index (χ0) is 33.2. The van der Waals surface area contributed by atoms with E-state index in [1.807, 2.05) is 0 Å². The predicted octanol–water partition coefficient (Wildman–Crippen LogP) is 4.35. The highest BCUT2D eigenvalue weighted by molar-refractivity contribution is 6.58. The van der Waals surface area contributed by atoms with Crippen molar-refractivity contribution in [3.05, 3.63) is 69.6 Å². The van der Waals surface area contributed by atoms with E-state index in [1.165, 1.54) is 32.1 Å². The largest absolute Gasteiger partial charge is 0.507 e. The van der Waals surface area contributed by atoms with Crippen molar-refractivity contribution in [1.29, 1.82) is 0 Å². The molecule has 1 saturated carbocycles. The number of urea groups is 1. The molecule has 6 rings (SSSR count). The first-order chi connectivity index (χ1) is 20.9. The molecule has 0 radical (unpaired) electrons. The summed E-state index contributed by atoms with van der Waals surface area (Å²) >= 11 is 14.0. The van der Waals surface area contributed by atoms with Gasteiger partial charge < -0.3 is 10.8 Å². The Morgan fingerprint density at radius 2 is 1.42 bits per heavy atom. The fourth-order valence-electron chi connectivity index (χ4n) is 7.31. The highest BCUT2D eigenvalue weighted by Crippen LogP contribution is 2.66. The average molecular weight is 672 g/mol. The molecule has 0 spiro atoms. The van der Waals surface area contributed by atoms with Gasteiger partial charge in [0.2, 0.25) is 17.6 Å². The van der Waals surface area contributed by atoms with E-state index in [4.69, 9.17) is 28.9 Å². The summed E-state index contributed by atoms with van der Waals surface area (Å²) in [5, 5.41) is 10.4. The minimum Gasteiger partial charge on any atom is -0.507 e. The third-order valence-corrected chi connectivity index (χ3v) is 10.7. The SMILES string of the molecule is Cc1cc([C@H]2C3=CC[C@@H]4C(=O)N(C(N)=O)C(=O)[C@@H]4[C@@H]3C[C@@]3(Cl)C(=O)N(c4c(F)c(F)c(F)c(F)c4F)C(=O)[C@@]23Cl)cc(C)c1O. The number of carbonyl (C=O) groups excluding carboxylic acids is 5. The molecular weight excluding hydrogens is 652 g/mol. The number of aromatic hydroxyl groups is 1. The highest BCUT2D eigenvalue weighted by Gasteiger charge is 2.77. The monoisotopic (exact) mass is 671 g/mol. The second kappa shape index (κ2) is 9.73. The number of aryl methyl sites for hydroxylation is 2. The van der Waals surface area contributed by atoms with Gasteiger partial charge in [0.1, 0.15) is 11.4 Å². The first kappa shape index (κ1) is 31.0. The maximum atomic E-state index is 15.1. The van der Waals surface area contributed by atoms with Crippen LogP contribution in [0.3, 0.4) is 0 Å². The lowest BCUT2D eigenvalue weighted by Crippen LogP contribution is -2.60. The van der Waals surface area contributed by atoms with Crippen LogP contribution < -0.4 is 10.6 Å². The number of benzene rings is 2. The number of anilines is 1. The summed E-state index contributed by atoms with van der Waals surface area (Å²) < 4.78 is 72.6. The van der Waals surface area contributed by atoms with Gasteiger partial charge in [-0.3, -0.25) is 19.2 Å². The van der Waals surface area contributed by atoms with Gasteiger partial charge in [-0.2, -0.15) is 4.90 Å². The molecule has 0 aromatic heterocycles. The van der Waals surface area contributed by atoms with E-state index in [9.17, 15) is 42.3 Å². The van der Waals surface area contributed by atoms with Crippen LogP contribution in [-0.2, 0) is 19.2 Å². The van der Waals surface area contributed by atoms with E-state index in [0.29, 0.717) is 0 Å². The molecule has 3 N–H and O–H groups in total. The molecule has 45 heavy (non-hydrogen) atoms. The van der Waals surface area contributed by atoms with Gasteiger partial charge in [-0.25, -0.2) is 31.6 Å². The maximum Gasteiger partial charge on any atom is 0.328 e. The molecule has 2 aromatic rings. The van der Waals surface area contributed by atoms with Gasteiger partial charge >= 0.3 is 6.03 Å². The van der Waals surface area contributed by atoms with Gasteiger partial charge in [-0.15, -0.1) is 23.2 Å². The van der Waals surface area contributed by atoms with Gasteiger partial charge in [-0.05, 0) is 49.3 Å². The number of halogens is 7. The molecule has 236 valence electrons. The molecule has 2 aliphatic heterocycles. The van der Waals surface area contributed by atoms with Gasteiger partial charge in [0.25, 0.3) is 11.8 Å². The Bertz CT molecular complexity index is 1800. The Morgan fingerprint density at radius 3 is 1.96 bits per heavy atom. The third kappa shape index (κ3) is 3.69. The number of hydrogen-bond donors (Lipinski definition) is 2. The van der Waals surface area contributed by atoms with Crippen molar-refractivity contribution >= 4 is 58.5 Å². The van der Waals surface area contributed by atoms with Crippen molar-refractivity contribution in [2.75, 3.05) is 4.90 Å². The summed E-state index contributed by atoms with van der Waals surface area (Å²) in [6, 6.07) is 1.43. The summed E-state index contributed by atoms with van der Waals surface area (Å²) in [6.45, 7) is 3.00. The van der Waals surface area contributed by atoms with Crippen LogP contribution in [0, 0.1) is 60.7 Å². The Labute approximate surface area is 260 Å². The van der Waals surface area contributed by atoms with Gasteiger partial charge in [0, 0.05) is 5.92 Å². The zero-order valence-electron chi connectivity index (χ0n) is 23.1. The minimum atomic E-state index is -2.70. The van der Waals surface area contributed by atoms with E-state index >= 15 is 8.78 Å². The Morgan fingerprint density at radius 1 is 0.889 bits per heavy atom. The Balaban J connectivity index is 1.63. The molecule has 6 atom stereocenters. The number of imide groups is 4. The van der Waals surface area contributed by atoms with E-state index in [-0.39, 0.29) is 44.2 Å². The third-order valence-electron chi connectivity index (χ3n) is 9.29. The molecular formula is C29H20Cl2F5N3O6. The quantitative estimate of drug-likeness (QED) is 0.122. The number of allylic oxidation sites excluding steroid dienone is 2. The summed E-state index contributed by atoms with van der Waals surface area (Å²) in [6.07, 6.45) is 0.603. The first-order valence-corrected chi connectivity index (χ1v) is 14.1. The van der Waals surface area contributed by atoms with Crippen LogP contribution in [0.15, 0.2) is 23.8 Å². The molecule has 2 heterocycles. The van der Waals surface area contributed by atoms with Gasteiger partial charge in [0.15, 0.2) is 33.0 Å². The second-order valence-corrected chi connectivity index (χ2v) is 12.8. The number of alkyl halides is 2. The fourth-order valence-corrected chi connectivity index (χ4v) is 8.25. The Kier molecular flexibility index (Phi) is 6.69. The van der Waals surface area contributed by atoms with Crippen molar-refractivity contribution < 1.29 is 51.0 Å². The van der Waals surface area contributed by atoms with Crippen LogP contribution in [0.5, 0.6) is 5.75 Å². The lowest BCUT2D eigenvalue weighted by molar-refractivity contribution is -0.136. The van der Waals surface area contributed by atoms with Crippen molar-refractivity contribution in [3.63, 3.8) is 0 Å². The van der Waals surface area contributed by atoms with Crippen molar-refractivity contribution in [3.8, 4) is 5.75 Å². The van der Waals surface area contributed by atoms with Crippen LogP contribution in [0.2, 0.25) is 0 Å². The number of amides is 6. The number of hydrogen-bond acceptors (Lipinski definition) is 6. The average Bonchev–Trinajstić information content (AvgIpc) is 3.32. The van der Waals surface area contributed by atoms with Crippen LogP contribution in [0.1, 0.15) is 35.4 Å². The van der Waals surface area contributed by atoms with Gasteiger partial charge in [-0.1, -0.05) is 23.8 Å². The number of nitrogens with two attached hydrogens (primary N) is 1.